The van der Waals surface area contributed by atoms with Crippen LogP contribution in [-0.2, 0) is 10.0 Å². The van der Waals surface area contributed by atoms with Gasteiger partial charge in [0.15, 0.2) is 0 Å². The van der Waals surface area contributed by atoms with Gasteiger partial charge in [-0.1, -0.05) is 18.9 Å². The molecule has 1 aliphatic carbocycles. The summed E-state index contributed by atoms with van der Waals surface area (Å²) in [5.41, 5.74) is -0.267. The van der Waals surface area contributed by atoms with Gasteiger partial charge in [-0.15, -0.1) is 0 Å². The highest BCUT2D eigenvalue weighted by molar-refractivity contribution is 7.89. The van der Waals surface area contributed by atoms with Gasteiger partial charge in [0.25, 0.3) is 5.91 Å². The molecule has 0 saturated heterocycles. The Bertz CT molecular complexity index is 1130. The van der Waals surface area contributed by atoms with Crippen LogP contribution in [0.2, 0.25) is 0 Å². The maximum atomic E-state index is 14.0. The van der Waals surface area contributed by atoms with E-state index in [1.807, 2.05) is 0 Å². The molecule has 0 spiro atoms. The monoisotopic (exact) mass is 449 g/mol. The van der Waals surface area contributed by atoms with Gasteiger partial charge in [-0.2, -0.15) is 5.26 Å². The molecule has 1 fully saturated rings. The van der Waals surface area contributed by atoms with Gasteiger partial charge < -0.3 is 10.1 Å². The number of carbonyl (C=O) groups is 1. The molecular weight excluding hydrogens is 428 g/mol. The van der Waals surface area contributed by atoms with E-state index in [-0.39, 0.29) is 27.8 Å². The second kappa shape index (κ2) is 9.41. The van der Waals surface area contributed by atoms with E-state index < -0.39 is 33.6 Å². The quantitative estimate of drug-likeness (QED) is 0.675. The first-order chi connectivity index (χ1) is 14.7. The summed E-state index contributed by atoms with van der Waals surface area (Å²) in [7, 11) is -2.65. The van der Waals surface area contributed by atoms with Crippen molar-refractivity contribution in [3.05, 3.63) is 59.2 Å². The largest absolute Gasteiger partial charge is 0.495 e. The van der Waals surface area contributed by atoms with Crippen molar-refractivity contribution >= 4 is 15.9 Å². The maximum absolute atomic E-state index is 14.0. The molecule has 0 radical (unpaired) electrons. The van der Waals surface area contributed by atoms with E-state index in [4.69, 9.17) is 4.74 Å². The number of hydrogen-bond acceptors (Lipinski definition) is 5. The first kappa shape index (κ1) is 22.7. The molecule has 1 amide bonds. The number of amides is 1. The topological polar surface area (TPSA) is 108 Å². The molecule has 10 heteroatoms. The second-order valence-electron chi connectivity index (χ2n) is 7.17. The summed E-state index contributed by atoms with van der Waals surface area (Å²) in [6, 6.07) is 6.62. The van der Waals surface area contributed by atoms with E-state index in [2.05, 4.69) is 10.0 Å². The number of ether oxygens (including phenoxy) is 1. The lowest BCUT2D eigenvalue weighted by molar-refractivity contribution is 0.0944. The Hall–Kier alpha value is -3.03. The summed E-state index contributed by atoms with van der Waals surface area (Å²) >= 11 is 0. The highest BCUT2D eigenvalue weighted by Crippen LogP contribution is 2.28. The third-order valence-corrected chi connectivity index (χ3v) is 6.61. The van der Waals surface area contributed by atoms with Gasteiger partial charge >= 0.3 is 0 Å². The van der Waals surface area contributed by atoms with Crippen LogP contribution in [0.5, 0.6) is 5.75 Å². The fraction of sp³-hybridized carbons (Fsp3) is 0.333. The molecule has 0 bridgehead atoms. The normalized spacial score (nSPS) is 15.3. The predicted molar refractivity (Wildman–Crippen MR) is 108 cm³/mol. The van der Waals surface area contributed by atoms with Crippen molar-refractivity contribution in [3.63, 3.8) is 0 Å². The van der Waals surface area contributed by atoms with Crippen LogP contribution < -0.4 is 14.8 Å². The number of benzene rings is 2. The second-order valence-corrected chi connectivity index (χ2v) is 8.85. The Morgan fingerprint density at radius 2 is 1.90 bits per heavy atom. The molecule has 1 unspecified atom stereocenters. The number of nitrogens with zero attached hydrogens (tertiary/aromatic N) is 1. The molecule has 1 aliphatic rings. The summed E-state index contributed by atoms with van der Waals surface area (Å²) in [6.07, 6.45) is 3.33. The van der Waals surface area contributed by atoms with Gasteiger partial charge in [-0.25, -0.2) is 21.9 Å². The third kappa shape index (κ3) is 5.18. The molecular formula is C21H21F2N3O4S. The van der Waals surface area contributed by atoms with Crippen LogP contribution in [0.25, 0.3) is 0 Å². The van der Waals surface area contributed by atoms with Crippen molar-refractivity contribution in [3.8, 4) is 11.8 Å². The van der Waals surface area contributed by atoms with E-state index in [0.717, 1.165) is 43.9 Å². The maximum Gasteiger partial charge on any atom is 0.252 e. The van der Waals surface area contributed by atoms with E-state index in [0.29, 0.717) is 6.07 Å². The summed E-state index contributed by atoms with van der Waals surface area (Å²) in [5.74, 6) is -2.53. The number of rotatable bonds is 7. The average molecular weight is 449 g/mol. The van der Waals surface area contributed by atoms with Crippen molar-refractivity contribution in [2.75, 3.05) is 7.11 Å². The van der Waals surface area contributed by atoms with Crippen LogP contribution in [0, 0.1) is 23.0 Å². The standard InChI is InChI=1S/C21H21F2N3O4S/c1-30-19-9-6-13(10-20(19)31(28,29)26-15-4-2-3-5-15)21(27)25-18(12-24)16-8-7-14(22)11-17(16)23/h6-11,15,18,26H,2-5H2,1H3,(H,25,27). The zero-order chi connectivity index (χ0) is 22.6. The summed E-state index contributed by atoms with van der Waals surface area (Å²) in [5, 5.41) is 11.7. The van der Waals surface area contributed by atoms with Gasteiger partial charge in [0.05, 0.1) is 13.2 Å². The Labute approximate surface area is 179 Å². The van der Waals surface area contributed by atoms with Gasteiger partial charge in [0.1, 0.15) is 28.3 Å². The third-order valence-electron chi connectivity index (χ3n) is 5.07. The molecule has 2 aromatic carbocycles. The average Bonchev–Trinajstić information content (AvgIpc) is 3.24. The SMILES string of the molecule is COc1ccc(C(=O)NC(C#N)c2ccc(F)cc2F)cc1S(=O)(=O)NC1CCCC1. The Balaban J connectivity index is 1.87. The molecule has 1 saturated carbocycles. The smallest absolute Gasteiger partial charge is 0.252 e. The molecule has 0 aliphatic heterocycles. The zero-order valence-electron chi connectivity index (χ0n) is 16.7. The van der Waals surface area contributed by atoms with Crippen molar-refractivity contribution in [2.45, 2.75) is 42.7 Å². The highest BCUT2D eigenvalue weighted by Gasteiger charge is 2.27. The Morgan fingerprint density at radius 1 is 1.19 bits per heavy atom. The fourth-order valence-corrected chi connectivity index (χ4v) is 4.98. The summed E-state index contributed by atoms with van der Waals surface area (Å²) in [4.78, 5) is 12.5. The molecule has 0 heterocycles. The van der Waals surface area contributed by atoms with Gasteiger partial charge in [-0.05, 0) is 37.1 Å². The molecule has 31 heavy (non-hydrogen) atoms. The number of hydrogen-bond donors (Lipinski definition) is 2. The predicted octanol–water partition coefficient (Wildman–Crippen LogP) is 3.19. The molecule has 0 aromatic heterocycles. The van der Waals surface area contributed by atoms with Crippen LogP contribution in [-0.4, -0.2) is 27.5 Å². The molecule has 2 N–H and O–H groups in total. The Morgan fingerprint density at radius 3 is 2.52 bits per heavy atom. The molecule has 2 aromatic rings. The fourth-order valence-electron chi connectivity index (χ4n) is 3.48. The minimum absolute atomic E-state index is 0.0588. The van der Waals surface area contributed by atoms with Gasteiger partial charge in [0.2, 0.25) is 10.0 Å². The number of methoxy groups -OCH3 is 1. The van der Waals surface area contributed by atoms with Crippen LogP contribution in [0.15, 0.2) is 41.3 Å². The van der Waals surface area contributed by atoms with Crippen LogP contribution in [0.4, 0.5) is 8.78 Å². The molecule has 3 rings (SSSR count). The zero-order valence-corrected chi connectivity index (χ0v) is 17.5. The number of nitriles is 1. The molecule has 164 valence electrons. The van der Waals surface area contributed by atoms with E-state index >= 15 is 0 Å². The van der Waals surface area contributed by atoms with Crippen LogP contribution in [0.3, 0.4) is 0 Å². The van der Waals surface area contributed by atoms with Crippen molar-refractivity contribution in [2.24, 2.45) is 0 Å². The van der Waals surface area contributed by atoms with Gasteiger partial charge in [-0.3, -0.25) is 4.79 Å². The minimum atomic E-state index is -3.96. The van der Waals surface area contributed by atoms with Gasteiger partial charge in [0, 0.05) is 23.2 Å². The number of halogens is 2. The first-order valence-corrected chi connectivity index (χ1v) is 11.1. The lowest BCUT2D eigenvalue weighted by Gasteiger charge is -2.17. The summed E-state index contributed by atoms with van der Waals surface area (Å²) < 4.78 is 60.6. The van der Waals surface area contributed by atoms with Crippen molar-refractivity contribution in [1.82, 2.24) is 10.0 Å². The lowest BCUT2D eigenvalue weighted by Crippen LogP contribution is -2.33. The van der Waals surface area contributed by atoms with Crippen molar-refractivity contribution < 1.29 is 26.7 Å². The number of sulfonamides is 1. The van der Waals surface area contributed by atoms with E-state index in [1.165, 1.54) is 19.2 Å². The van der Waals surface area contributed by atoms with Crippen molar-refractivity contribution in [1.29, 1.82) is 5.26 Å². The number of nitrogens with one attached hydrogen (secondary N) is 2. The van der Waals surface area contributed by atoms with Crippen LogP contribution >= 0.6 is 0 Å². The first-order valence-electron chi connectivity index (χ1n) is 9.61. The molecule has 7 nitrogen and oxygen atoms in total. The van der Waals surface area contributed by atoms with Crippen LogP contribution in [0.1, 0.15) is 47.6 Å². The molecule has 1 atom stereocenters. The Kier molecular flexibility index (Phi) is 6.87. The minimum Gasteiger partial charge on any atom is -0.495 e. The van der Waals surface area contributed by atoms with E-state index in [1.54, 1.807) is 6.07 Å². The lowest BCUT2D eigenvalue weighted by atomic mass is 10.1. The van der Waals surface area contributed by atoms with E-state index in [9.17, 15) is 27.3 Å². The number of carbonyl (C=O) groups excluding carboxylic acids is 1. The summed E-state index contributed by atoms with van der Waals surface area (Å²) in [6.45, 7) is 0. The highest BCUT2D eigenvalue weighted by atomic mass is 32.2.